The lowest BCUT2D eigenvalue weighted by molar-refractivity contribution is 0.0874. The van der Waals surface area contributed by atoms with Gasteiger partial charge >= 0.3 is 0 Å². The van der Waals surface area contributed by atoms with E-state index < -0.39 is 12.5 Å². The third-order valence-electron chi connectivity index (χ3n) is 3.95. The SMILES string of the molecule is CC(C)c1cnc(N2CC[C@H]2C(F)F)c2cnccc12. The summed E-state index contributed by atoms with van der Waals surface area (Å²) in [5.74, 6) is 0.970. The second-order valence-corrected chi connectivity index (χ2v) is 5.50. The molecule has 0 bridgehead atoms. The summed E-state index contributed by atoms with van der Waals surface area (Å²) >= 11 is 0. The molecule has 2 aromatic rings. The molecule has 0 aromatic carbocycles. The molecule has 5 heteroatoms. The van der Waals surface area contributed by atoms with Crippen LogP contribution < -0.4 is 4.90 Å². The quantitative estimate of drug-likeness (QED) is 0.858. The molecule has 1 aliphatic heterocycles. The second kappa shape index (κ2) is 4.96. The van der Waals surface area contributed by atoms with Gasteiger partial charge in [0.05, 0.1) is 6.04 Å². The van der Waals surface area contributed by atoms with Crippen LogP contribution in [-0.4, -0.2) is 29.0 Å². The van der Waals surface area contributed by atoms with Gasteiger partial charge in [-0.1, -0.05) is 13.8 Å². The van der Waals surface area contributed by atoms with Crippen molar-refractivity contribution in [3.63, 3.8) is 0 Å². The van der Waals surface area contributed by atoms with E-state index in [1.807, 2.05) is 12.3 Å². The highest BCUT2D eigenvalue weighted by Crippen LogP contribution is 2.35. The van der Waals surface area contributed by atoms with Gasteiger partial charge in [0, 0.05) is 30.5 Å². The van der Waals surface area contributed by atoms with Gasteiger partial charge in [-0.15, -0.1) is 0 Å². The zero-order valence-electron chi connectivity index (χ0n) is 11.6. The molecule has 2 aromatic heterocycles. The number of halogens is 2. The first-order valence-electron chi connectivity index (χ1n) is 6.87. The molecule has 0 radical (unpaired) electrons. The van der Waals surface area contributed by atoms with Crippen LogP contribution in [0.3, 0.4) is 0 Å². The summed E-state index contributed by atoms with van der Waals surface area (Å²) in [7, 11) is 0. The second-order valence-electron chi connectivity index (χ2n) is 5.50. The lowest BCUT2D eigenvalue weighted by Gasteiger charge is -2.41. The molecule has 0 saturated carbocycles. The smallest absolute Gasteiger partial charge is 0.258 e. The predicted molar refractivity (Wildman–Crippen MR) is 75.4 cm³/mol. The van der Waals surface area contributed by atoms with Crippen LogP contribution in [0.15, 0.2) is 24.7 Å². The minimum atomic E-state index is -2.33. The van der Waals surface area contributed by atoms with E-state index in [0.717, 1.165) is 16.3 Å². The van der Waals surface area contributed by atoms with Crippen molar-refractivity contribution in [2.75, 3.05) is 11.4 Å². The first-order valence-corrected chi connectivity index (χ1v) is 6.87. The fourth-order valence-electron chi connectivity index (χ4n) is 2.72. The van der Waals surface area contributed by atoms with Crippen molar-refractivity contribution in [1.82, 2.24) is 9.97 Å². The number of anilines is 1. The third-order valence-corrected chi connectivity index (χ3v) is 3.95. The molecule has 1 atom stereocenters. The zero-order chi connectivity index (χ0) is 14.3. The average Bonchev–Trinajstić information content (AvgIpc) is 2.36. The molecule has 0 amide bonds. The minimum Gasteiger partial charge on any atom is -0.347 e. The Hall–Kier alpha value is -1.78. The van der Waals surface area contributed by atoms with Crippen molar-refractivity contribution in [1.29, 1.82) is 0 Å². The van der Waals surface area contributed by atoms with Crippen molar-refractivity contribution in [2.45, 2.75) is 38.7 Å². The van der Waals surface area contributed by atoms with Gasteiger partial charge in [-0.2, -0.15) is 0 Å². The Bertz CT molecular complexity index is 628. The molecule has 3 heterocycles. The van der Waals surface area contributed by atoms with Gasteiger partial charge in [0.15, 0.2) is 0 Å². The van der Waals surface area contributed by atoms with E-state index in [1.54, 1.807) is 17.3 Å². The molecule has 0 unspecified atom stereocenters. The summed E-state index contributed by atoms with van der Waals surface area (Å²) in [5.41, 5.74) is 1.13. The van der Waals surface area contributed by atoms with Crippen LogP contribution in [-0.2, 0) is 0 Å². The fraction of sp³-hybridized carbons (Fsp3) is 0.467. The Labute approximate surface area is 116 Å². The normalized spacial score (nSPS) is 18.9. The Morgan fingerprint density at radius 2 is 2.05 bits per heavy atom. The topological polar surface area (TPSA) is 29.0 Å². The van der Waals surface area contributed by atoms with Gasteiger partial charge in [0.25, 0.3) is 6.43 Å². The van der Waals surface area contributed by atoms with E-state index in [9.17, 15) is 8.78 Å². The van der Waals surface area contributed by atoms with Gasteiger partial charge in [0.1, 0.15) is 5.82 Å². The average molecular weight is 277 g/mol. The molecule has 1 aliphatic rings. The monoisotopic (exact) mass is 277 g/mol. The lowest BCUT2D eigenvalue weighted by Crippen LogP contribution is -2.52. The molecule has 106 valence electrons. The van der Waals surface area contributed by atoms with Gasteiger partial charge in [0.2, 0.25) is 0 Å². The van der Waals surface area contributed by atoms with Crippen molar-refractivity contribution in [3.05, 3.63) is 30.2 Å². The highest BCUT2D eigenvalue weighted by molar-refractivity contribution is 5.94. The largest absolute Gasteiger partial charge is 0.347 e. The summed E-state index contributed by atoms with van der Waals surface area (Å²) in [5, 5.41) is 1.92. The first-order chi connectivity index (χ1) is 9.59. The number of hydrogen-bond donors (Lipinski definition) is 0. The molecular formula is C15H17F2N3. The van der Waals surface area contributed by atoms with Gasteiger partial charge in [-0.25, -0.2) is 13.8 Å². The standard InChI is InChI=1S/C15H17F2N3/c1-9(2)11-8-19-15(12-7-18-5-3-10(11)12)20-6-4-13(20)14(16)17/h3,5,7-9,13-14H,4,6H2,1-2H3/t13-/m0/s1. The van der Waals surface area contributed by atoms with Crippen LogP contribution in [0, 0.1) is 0 Å². The molecule has 1 saturated heterocycles. The number of hydrogen-bond acceptors (Lipinski definition) is 3. The van der Waals surface area contributed by atoms with Crippen LogP contribution in [0.2, 0.25) is 0 Å². The number of nitrogens with zero attached hydrogens (tertiary/aromatic N) is 3. The van der Waals surface area contributed by atoms with Gasteiger partial charge in [-0.3, -0.25) is 4.98 Å². The number of rotatable bonds is 3. The fourth-order valence-corrected chi connectivity index (χ4v) is 2.72. The first kappa shape index (κ1) is 13.2. The van der Waals surface area contributed by atoms with E-state index in [-0.39, 0.29) is 0 Å². The Balaban J connectivity index is 2.11. The van der Waals surface area contributed by atoms with Crippen LogP contribution in [0.1, 0.15) is 31.7 Å². The van der Waals surface area contributed by atoms with Crippen molar-refractivity contribution in [3.8, 4) is 0 Å². The zero-order valence-corrected chi connectivity index (χ0v) is 11.6. The maximum Gasteiger partial charge on any atom is 0.258 e. The summed E-state index contributed by atoms with van der Waals surface area (Å²) in [6.45, 7) is 4.83. The highest BCUT2D eigenvalue weighted by atomic mass is 19.3. The molecule has 3 rings (SSSR count). The Morgan fingerprint density at radius 1 is 1.25 bits per heavy atom. The van der Waals surface area contributed by atoms with E-state index in [0.29, 0.717) is 24.7 Å². The molecule has 20 heavy (non-hydrogen) atoms. The molecule has 0 spiro atoms. The van der Waals surface area contributed by atoms with Crippen molar-refractivity contribution >= 4 is 16.6 Å². The van der Waals surface area contributed by atoms with Crippen molar-refractivity contribution < 1.29 is 8.78 Å². The van der Waals surface area contributed by atoms with Crippen LogP contribution in [0.5, 0.6) is 0 Å². The van der Waals surface area contributed by atoms with Crippen molar-refractivity contribution in [2.24, 2.45) is 0 Å². The number of alkyl halides is 2. The lowest BCUT2D eigenvalue weighted by atomic mass is 9.97. The van der Waals surface area contributed by atoms with E-state index in [1.165, 1.54) is 0 Å². The molecule has 1 fully saturated rings. The summed E-state index contributed by atoms with van der Waals surface area (Å²) in [6, 6.07) is 1.23. The Kier molecular flexibility index (Phi) is 3.28. The summed E-state index contributed by atoms with van der Waals surface area (Å²) in [4.78, 5) is 10.3. The molecule has 0 N–H and O–H groups in total. The third kappa shape index (κ3) is 2.01. The number of aromatic nitrogens is 2. The van der Waals surface area contributed by atoms with Gasteiger partial charge < -0.3 is 4.90 Å². The summed E-state index contributed by atoms with van der Waals surface area (Å²) < 4.78 is 25.9. The van der Waals surface area contributed by atoms with Crippen LogP contribution in [0.4, 0.5) is 14.6 Å². The summed E-state index contributed by atoms with van der Waals surface area (Å²) in [6.07, 6.45) is 3.46. The maximum absolute atomic E-state index is 12.9. The Morgan fingerprint density at radius 3 is 2.65 bits per heavy atom. The van der Waals surface area contributed by atoms with Crippen LogP contribution >= 0.6 is 0 Å². The van der Waals surface area contributed by atoms with Crippen LogP contribution in [0.25, 0.3) is 10.8 Å². The van der Waals surface area contributed by atoms with Gasteiger partial charge in [-0.05, 0) is 29.4 Å². The van der Waals surface area contributed by atoms with E-state index in [4.69, 9.17) is 0 Å². The highest BCUT2D eigenvalue weighted by Gasteiger charge is 2.37. The minimum absolute atomic E-state index is 0.337. The molecular weight excluding hydrogens is 260 g/mol. The predicted octanol–water partition coefficient (Wildman–Crippen LogP) is 3.60. The van der Waals surface area contributed by atoms with E-state index in [2.05, 4.69) is 23.8 Å². The number of pyridine rings is 2. The molecule has 0 aliphatic carbocycles. The number of fused-ring (bicyclic) bond motifs is 1. The maximum atomic E-state index is 12.9. The molecule has 3 nitrogen and oxygen atoms in total. The van der Waals surface area contributed by atoms with E-state index >= 15 is 0 Å².